The van der Waals surface area contributed by atoms with Gasteiger partial charge in [0.2, 0.25) is 0 Å². The number of rotatable bonds is 22. The summed E-state index contributed by atoms with van der Waals surface area (Å²) in [6.45, 7) is 87.0. The first kappa shape index (κ1) is 122. The van der Waals surface area contributed by atoms with Gasteiger partial charge in [0.15, 0.2) is 0 Å². The van der Waals surface area contributed by atoms with Crippen LogP contribution in [-0.4, -0.2) is 244 Å². The monoisotopic (exact) mass is 1450 g/mol. The number of hydrogen-bond acceptors (Lipinski definition) is 21. The second kappa shape index (κ2) is 64.3. The van der Waals surface area contributed by atoms with Gasteiger partial charge in [-0.2, -0.15) is 0 Å². The van der Waals surface area contributed by atoms with Crippen molar-refractivity contribution in [1.82, 2.24) is 0 Å². The van der Waals surface area contributed by atoms with Gasteiger partial charge < -0.3 is 104 Å². The fourth-order valence-electron chi connectivity index (χ4n) is 4.20. The summed E-state index contributed by atoms with van der Waals surface area (Å²) in [6.07, 6.45) is 1.29. The topological polar surface area (TPSA) is 310 Å². The van der Waals surface area contributed by atoms with Crippen LogP contribution in [0.4, 0.5) is 0 Å². The van der Waals surface area contributed by atoms with E-state index in [1.54, 1.807) is 41.7 Å². The molecule has 1 aliphatic carbocycles. The van der Waals surface area contributed by atoms with E-state index < -0.39 is 17.8 Å². The molecule has 1 aliphatic rings. The Hall–Kier alpha value is -0.840. The van der Waals surface area contributed by atoms with E-state index in [9.17, 15) is 0 Å². The zero-order chi connectivity index (χ0) is 82.0. The highest BCUT2D eigenvalue weighted by Gasteiger charge is 2.24. The van der Waals surface area contributed by atoms with Crippen LogP contribution in [0.3, 0.4) is 0 Å². The van der Waals surface area contributed by atoms with Gasteiger partial charge in [-0.05, 0) is 301 Å². The fraction of sp³-hybridized carbons (Fsp3) is 1.00. The Morgan fingerprint density at radius 3 is 0.717 bits per heavy atom. The van der Waals surface area contributed by atoms with E-state index in [0.29, 0.717) is 45.5 Å². The molecule has 1 rings (SSSR count). The number of aliphatic hydroxyl groups is 9. The summed E-state index contributed by atoms with van der Waals surface area (Å²) in [7, 11) is 1.71. The number of hydrogen-bond donors (Lipinski definition) is 10. The molecule has 21 nitrogen and oxygen atoms in total. The summed E-state index contributed by atoms with van der Waals surface area (Å²) in [5.74, 6) is 1.54. The number of nitrogens with two attached hydrogens (primary N) is 1. The van der Waals surface area contributed by atoms with Gasteiger partial charge in [0.25, 0.3) is 0 Å². The summed E-state index contributed by atoms with van der Waals surface area (Å²) < 4.78 is 57.7. The third kappa shape index (κ3) is 207. The van der Waals surface area contributed by atoms with Crippen molar-refractivity contribution >= 4 is 0 Å². The molecule has 0 aromatic carbocycles. The van der Waals surface area contributed by atoms with Crippen LogP contribution in [0.2, 0.25) is 0 Å². The van der Waals surface area contributed by atoms with Gasteiger partial charge >= 0.3 is 0 Å². The van der Waals surface area contributed by atoms with Gasteiger partial charge in [0, 0.05) is 40.1 Å². The van der Waals surface area contributed by atoms with E-state index in [4.69, 9.17) is 104 Å². The molecule has 0 unspecified atom stereocenters. The molecule has 0 aliphatic heterocycles. The summed E-state index contributed by atoms with van der Waals surface area (Å²) in [6, 6.07) is 0. The Morgan fingerprint density at radius 2 is 0.586 bits per heavy atom. The van der Waals surface area contributed by atoms with Crippen LogP contribution in [0, 0.1) is 11.8 Å². The molecule has 0 bridgehead atoms. The zero-order valence-electron chi connectivity index (χ0n) is 73.3. The van der Waals surface area contributed by atoms with Gasteiger partial charge in [-0.25, -0.2) is 0 Å². The summed E-state index contributed by atoms with van der Waals surface area (Å²) in [5.41, 5.74) is 3.97. The Balaban J connectivity index is -0.0000000952. The molecule has 616 valence electrons. The molecule has 0 spiro atoms. The van der Waals surface area contributed by atoms with Crippen molar-refractivity contribution in [1.29, 1.82) is 0 Å². The quantitative estimate of drug-likeness (QED) is 0.0450. The van der Waals surface area contributed by atoms with E-state index in [2.05, 4.69) is 76.2 Å². The van der Waals surface area contributed by atoms with Crippen molar-refractivity contribution in [2.24, 2.45) is 17.6 Å². The third-order valence-electron chi connectivity index (χ3n) is 8.96. The van der Waals surface area contributed by atoms with Crippen molar-refractivity contribution in [3.05, 3.63) is 0 Å². The Morgan fingerprint density at radius 1 is 0.343 bits per heavy atom. The molecule has 21 heteroatoms. The summed E-state index contributed by atoms with van der Waals surface area (Å²) >= 11 is 0. The minimum Gasteiger partial charge on any atom is -0.396 e. The SMILES string of the molecule is CC(C)(C)O.CC(C)(C)OCC1CC1.CC(C)(C)OCCCO.CC(C)(C)OCCN.CC(C)(C)OCCO.CC(C)(C)OC[C@@H](O)CO.CC(C)(C)OC[C@H](O)CO.CC(C)COC(C)(C)C.CCOC(C)(C)C.COC(C)(C)C.C[C@@H](O)COC(C)(C)C.C[C@H](O)COC(C)(C)C. The third-order valence-corrected chi connectivity index (χ3v) is 8.96. The lowest BCUT2D eigenvalue weighted by Gasteiger charge is -2.20. The van der Waals surface area contributed by atoms with Gasteiger partial charge in [0.1, 0.15) is 12.2 Å². The lowest BCUT2D eigenvalue weighted by Crippen LogP contribution is -2.27. The lowest BCUT2D eigenvalue weighted by molar-refractivity contribution is -0.0614. The molecule has 4 atom stereocenters. The molecule has 1 saturated carbocycles. The largest absolute Gasteiger partial charge is 0.396 e. The van der Waals surface area contributed by atoms with Crippen LogP contribution in [0.25, 0.3) is 0 Å². The van der Waals surface area contributed by atoms with E-state index in [1.165, 1.54) is 12.8 Å². The van der Waals surface area contributed by atoms with Crippen molar-refractivity contribution < 1.29 is 98.1 Å². The van der Waals surface area contributed by atoms with Crippen molar-refractivity contribution in [3.8, 4) is 0 Å². The molecule has 1 fully saturated rings. The van der Waals surface area contributed by atoms with Gasteiger partial charge in [-0.15, -0.1) is 0 Å². The Labute approximate surface area is 614 Å². The average Bonchev–Trinajstić information content (AvgIpc) is 1.81. The van der Waals surface area contributed by atoms with Crippen molar-refractivity contribution in [3.63, 3.8) is 0 Å². The molecule has 11 N–H and O–H groups in total. The van der Waals surface area contributed by atoms with Crippen molar-refractivity contribution in [2.45, 2.75) is 395 Å². The normalized spacial score (nSPS) is 14.2. The maximum absolute atomic E-state index is 8.85. The second-order valence-electron chi connectivity index (χ2n) is 36.3. The second-order valence-corrected chi connectivity index (χ2v) is 36.3. The highest BCUT2D eigenvalue weighted by atomic mass is 16.5. The maximum atomic E-state index is 8.85. The molecular weight excluding hydrogens is 1270 g/mol. The fourth-order valence-corrected chi connectivity index (χ4v) is 4.20. The smallest absolute Gasteiger partial charge is 0.100 e. The van der Waals surface area contributed by atoms with Gasteiger partial charge in [-0.3, -0.25) is 0 Å². The summed E-state index contributed by atoms with van der Waals surface area (Å²) in [5, 5.41) is 77.3. The molecular formula is C78H179NO20. The van der Waals surface area contributed by atoms with Crippen LogP contribution in [0.5, 0.6) is 0 Å². The Kier molecular flexibility index (Phi) is 79.3. The van der Waals surface area contributed by atoms with E-state index >= 15 is 0 Å². The van der Waals surface area contributed by atoms with E-state index in [-0.39, 0.29) is 113 Å². The zero-order valence-corrected chi connectivity index (χ0v) is 73.3. The molecule has 0 aromatic heterocycles. The summed E-state index contributed by atoms with van der Waals surface area (Å²) in [4.78, 5) is 0. The molecule has 0 radical (unpaired) electrons. The van der Waals surface area contributed by atoms with Gasteiger partial charge in [-0.1, -0.05) is 13.8 Å². The maximum Gasteiger partial charge on any atom is 0.100 e. The predicted molar refractivity (Wildman–Crippen MR) is 416 cm³/mol. The molecule has 0 amide bonds. The molecule has 99 heavy (non-hydrogen) atoms. The Bertz CT molecular complexity index is 1470. The first-order chi connectivity index (χ1) is 43.5. The van der Waals surface area contributed by atoms with Crippen LogP contribution in [0.15, 0.2) is 0 Å². The first-order valence-electron chi connectivity index (χ1n) is 36.1. The molecule has 0 heterocycles. The first-order valence-corrected chi connectivity index (χ1v) is 36.1. The van der Waals surface area contributed by atoms with Crippen LogP contribution in [0.1, 0.15) is 303 Å². The average molecular weight is 1450 g/mol. The number of ether oxygens (including phenoxy) is 11. The standard InChI is InChI=1S/C8H16O.C8H18O.2C7H16O3.3C7H16O2.C6H15NO.C6H14O2.C6H14O.C5H12O.C4H10O/c1-8(2,3)9-6-7-4-5-7;1-7(2)6-9-8(3,4)5;2*1-7(2,3)10-5-6(9)4-8;2*1-6(8)5-9-7(2,3)4;1-7(2,3)9-6-4-5-8;2*1-6(2,3)8-5-4-7;1-5-7-6(2,3)4;1-5(2,3)6-4;1-4(2,3)5/h7H,4-6H2,1-3H3;7H,6H2,1-5H3;2*6,8-9H,4-5H2,1-3H3;2*6,8H,5H2,1-4H3;8H,4-6H2,1-3H3;4-5,7H2,1-3H3;7H,4-5H2,1-3H3;5H2,1-4H3;1-4H3;5H,1-3H3/t;;4*6-;;;;;;/m..1010....../s1. The van der Waals surface area contributed by atoms with Crippen LogP contribution >= 0.6 is 0 Å². The van der Waals surface area contributed by atoms with Crippen molar-refractivity contribution in [2.75, 3.05) is 106 Å². The highest BCUT2D eigenvalue weighted by molar-refractivity contribution is 4.74. The molecule has 0 aromatic rings. The number of aliphatic hydroxyl groups excluding tert-OH is 8. The lowest BCUT2D eigenvalue weighted by atomic mass is 10.2. The predicted octanol–water partition coefficient (Wildman–Crippen LogP) is 14.1. The van der Waals surface area contributed by atoms with E-state index in [1.807, 2.05) is 173 Å². The molecule has 0 saturated heterocycles. The minimum atomic E-state index is -0.751. The minimum absolute atomic E-state index is 0.0284. The highest BCUT2D eigenvalue weighted by Crippen LogP contribution is 2.30. The van der Waals surface area contributed by atoms with E-state index in [0.717, 1.165) is 32.2 Å². The number of methoxy groups -OCH3 is 1. The van der Waals surface area contributed by atoms with Gasteiger partial charge in [0.05, 0.1) is 145 Å². The van der Waals surface area contributed by atoms with Crippen LogP contribution < -0.4 is 5.73 Å². The van der Waals surface area contributed by atoms with Crippen LogP contribution in [-0.2, 0) is 52.1 Å².